The molecule has 1 aromatic carbocycles. The van der Waals surface area contributed by atoms with Gasteiger partial charge in [-0.25, -0.2) is 4.79 Å². The number of carboxylic acids is 1. The number of carbonyl (C=O) groups is 4. The summed E-state index contributed by atoms with van der Waals surface area (Å²) < 4.78 is 0. The second kappa shape index (κ2) is 11.8. The predicted molar refractivity (Wildman–Crippen MR) is 105 cm³/mol. The van der Waals surface area contributed by atoms with Crippen molar-refractivity contribution in [2.75, 3.05) is 13.2 Å². The van der Waals surface area contributed by atoms with Gasteiger partial charge < -0.3 is 31.9 Å². The zero-order valence-corrected chi connectivity index (χ0v) is 16.4. The van der Waals surface area contributed by atoms with Gasteiger partial charge in [0.1, 0.15) is 18.1 Å². The van der Waals surface area contributed by atoms with Gasteiger partial charge in [0.2, 0.25) is 17.7 Å². The molecule has 0 spiro atoms. The lowest BCUT2D eigenvalue weighted by molar-refractivity contribution is -0.143. The zero-order valence-electron chi connectivity index (χ0n) is 16.4. The number of rotatable bonds is 11. The molecular formula is C19H28N4O6. The molecular weight excluding hydrogens is 380 g/mol. The number of carbonyl (C=O) groups excluding carboxylic acids is 3. The Labute approximate surface area is 168 Å². The van der Waals surface area contributed by atoms with Crippen molar-refractivity contribution in [1.29, 1.82) is 0 Å². The fourth-order valence-corrected chi connectivity index (χ4v) is 2.55. The largest absolute Gasteiger partial charge is 0.480 e. The predicted octanol–water partition coefficient (Wildman–Crippen LogP) is -1.62. The minimum atomic E-state index is -1.49. The summed E-state index contributed by atoms with van der Waals surface area (Å²) in [5, 5.41) is 25.3. The average Bonchev–Trinajstić information content (AvgIpc) is 2.69. The molecule has 0 aliphatic carbocycles. The van der Waals surface area contributed by atoms with Gasteiger partial charge in [0, 0.05) is 6.42 Å². The Hall–Kier alpha value is -2.98. The number of nitrogens with two attached hydrogens (primary N) is 1. The summed E-state index contributed by atoms with van der Waals surface area (Å²) in [6.45, 7) is 2.25. The van der Waals surface area contributed by atoms with Gasteiger partial charge in [-0.15, -0.1) is 0 Å². The van der Waals surface area contributed by atoms with Crippen molar-refractivity contribution < 1.29 is 29.4 Å². The van der Waals surface area contributed by atoms with Gasteiger partial charge in [-0.3, -0.25) is 14.4 Å². The van der Waals surface area contributed by atoms with Gasteiger partial charge in [0.05, 0.1) is 13.2 Å². The highest BCUT2D eigenvalue weighted by atomic mass is 16.4. The van der Waals surface area contributed by atoms with Crippen LogP contribution in [0.3, 0.4) is 0 Å². The molecule has 0 aromatic heterocycles. The summed E-state index contributed by atoms with van der Waals surface area (Å²) in [6.07, 6.45) is 0.180. The van der Waals surface area contributed by atoms with E-state index < -0.39 is 48.4 Å². The lowest BCUT2D eigenvalue weighted by atomic mass is 10.0. The number of nitrogens with one attached hydrogen (secondary N) is 3. The Bertz CT molecular complexity index is 710. The molecule has 3 amide bonds. The Morgan fingerprint density at radius 1 is 0.966 bits per heavy atom. The molecule has 0 heterocycles. The van der Waals surface area contributed by atoms with Gasteiger partial charge in [-0.1, -0.05) is 44.2 Å². The SMILES string of the molecule is CC(C)C(NC(=O)C(Cc1ccccc1)NC(=O)CN)C(=O)NC(CO)C(=O)O. The van der Waals surface area contributed by atoms with E-state index in [0.717, 1.165) is 5.56 Å². The van der Waals surface area contributed by atoms with Crippen LogP contribution in [0.5, 0.6) is 0 Å². The number of hydrogen-bond donors (Lipinski definition) is 6. The van der Waals surface area contributed by atoms with Crippen LogP contribution in [0.15, 0.2) is 30.3 Å². The molecule has 29 heavy (non-hydrogen) atoms. The second-order valence-electron chi connectivity index (χ2n) is 6.83. The maximum Gasteiger partial charge on any atom is 0.328 e. The standard InChI is InChI=1S/C19H28N4O6/c1-11(2)16(18(27)22-14(10-24)19(28)29)23-17(26)13(21-15(25)9-20)8-12-6-4-3-5-7-12/h3-7,11,13-14,16,24H,8-10,20H2,1-2H3,(H,21,25)(H,22,27)(H,23,26)(H,28,29). The van der Waals surface area contributed by atoms with Crippen LogP contribution < -0.4 is 21.7 Å². The second-order valence-corrected chi connectivity index (χ2v) is 6.83. The summed E-state index contributed by atoms with van der Waals surface area (Å²) >= 11 is 0. The first-order chi connectivity index (χ1) is 13.7. The first-order valence-electron chi connectivity index (χ1n) is 9.17. The maximum absolute atomic E-state index is 12.8. The van der Waals surface area contributed by atoms with Crippen molar-refractivity contribution in [2.45, 2.75) is 38.4 Å². The Balaban J connectivity index is 2.95. The van der Waals surface area contributed by atoms with Gasteiger partial charge in [-0.05, 0) is 11.5 Å². The molecule has 3 atom stereocenters. The van der Waals surface area contributed by atoms with Crippen LogP contribution in [0, 0.1) is 5.92 Å². The number of carboxylic acid groups (broad SMARTS) is 1. The average molecular weight is 408 g/mol. The van der Waals surface area contributed by atoms with E-state index in [9.17, 15) is 19.2 Å². The highest BCUT2D eigenvalue weighted by Gasteiger charge is 2.31. The normalized spacial score (nSPS) is 13.8. The van der Waals surface area contributed by atoms with E-state index in [-0.39, 0.29) is 18.9 Å². The third-order valence-corrected chi connectivity index (χ3v) is 4.16. The quantitative estimate of drug-likeness (QED) is 0.255. The number of hydrogen-bond acceptors (Lipinski definition) is 6. The van der Waals surface area contributed by atoms with Gasteiger partial charge in [-0.2, -0.15) is 0 Å². The molecule has 3 unspecified atom stereocenters. The molecule has 160 valence electrons. The van der Waals surface area contributed by atoms with E-state index in [1.54, 1.807) is 38.1 Å². The van der Waals surface area contributed by atoms with E-state index in [2.05, 4.69) is 16.0 Å². The molecule has 10 heteroatoms. The summed E-state index contributed by atoms with van der Waals surface area (Å²) in [5.41, 5.74) is 6.12. The Kier molecular flexibility index (Phi) is 9.76. The third-order valence-electron chi connectivity index (χ3n) is 4.16. The highest BCUT2D eigenvalue weighted by Crippen LogP contribution is 2.07. The zero-order chi connectivity index (χ0) is 22.0. The number of benzene rings is 1. The maximum atomic E-state index is 12.8. The van der Waals surface area contributed by atoms with Gasteiger partial charge in [0.25, 0.3) is 0 Å². The molecule has 0 radical (unpaired) electrons. The van der Waals surface area contributed by atoms with Crippen LogP contribution >= 0.6 is 0 Å². The van der Waals surface area contributed by atoms with Crippen LogP contribution in [0.2, 0.25) is 0 Å². The smallest absolute Gasteiger partial charge is 0.328 e. The summed E-state index contributed by atoms with van der Waals surface area (Å²) in [7, 11) is 0. The minimum absolute atomic E-state index is 0.180. The van der Waals surface area contributed by atoms with E-state index in [0.29, 0.717) is 0 Å². The first-order valence-corrected chi connectivity index (χ1v) is 9.17. The van der Waals surface area contributed by atoms with Crippen LogP contribution in [0.1, 0.15) is 19.4 Å². The summed E-state index contributed by atoms with van der Waals surface area (Å²) in [4.78, 5) is 48.0. The Morgan fingerprint density at radius 3 is 2.07 bits per heavy atom. The van der Waals surface area contributed by atoms with Crippen molar-refractivity contribution in [3.8, 4) is 0 Å². The lowest BCUT2D eigenvalue weighted by Gasteiger charge is -2.26. The number of aliphatic hydroxyl groups excluding tert-OH is 1. The van der Waals surface area contributed by atoms with Crippen molar-refractivity contribution >= 4 is 23.7 Å². The minimum Gasteiger partial charge on any atom is -0.480 e. The highest BCUT2D eigenvalue weighted by molar-refractivity contribution is 5.93. The van der Waals surface area contributed by atoms with Crippen LogP contribution in [0.4, 0.5) is 0 Å². The molecule has 0 saturated carbocycles. The number of amides is 3. The summed E-state index contributed by atoms with van der Waals surface area (Å²) in [6, 6.07) is 5.45. The first kappa shape index (κ1) is 24.1. The van der Waals surface area contributed by atoms with Crippen molar-refractivity contribution in [2.24, 2.45) is 11.7 Å². The molecule has 0 bridgehead atoms. The van der Waals surface area contributed by atoms with Crippen molar-refractivity contribution in [3.63, 3.8) is 0 Å². The van der Waals surface area contributed by atoms with Crippen molar-refractivity contribution in [1.82, 2.24) is 16.0 Å². The van der Waals surface area contributed by atoms with Crippen molar-refractivity contribution in [3.05, 3.63) is 35.9 Å². The third kappa shape index (κ3) is 7.88. The topological polar surface area (TPSA) is 171 Å². The Morgan fingerprint density at radius 2 is 1.59 bits per heavy atom. The van der Waals surface area contributed by atoms with Crippen LogP contribution in [0.25, 0.3) is 0 Å². The lowest BCUT2D eigenvalue weighted by Crippen LogP contribution is -2.58. The van der Waals surface area contributed by atoms with Crippen LogP contribution in [-0.4, -0.2) is 65.2 Å². The molecule has 7 N–H and O–H groups in total. The molecule has 10 nitrogen and oxygen atoms in total. The molecule has 0 aliphatic rings. The van der Waals surface area contributed by atoms with E-state index >= 15 is 0 Å². The van der Waals surface area contributed by atoms with Gasteiger partial charge in [0.15, 0.2) is 0 Å². The van der Waals surface area contributed by atoms with Crippen LogP contribution in [-0.2, 0) is 25.6 Å². The van der Waals surface area contributed by atoms with E-state index in [1.807, 2.05) is 6.07 Å². The van der Waals surface area contributed by atoms with Gasteiger partial charge >= 0.3 is 5.97 Å². The monoisotopic (exact) mass is 408 g/mol. The molecule has 0 aliphatic heterocycles. The molecule has 0 fully saturated rings. The fourth-order valence-electron chi connectivity index (χ4n) is 2.55. The molecule has 1 rings (SSSR count). The summed E-state index contributed by atoms with van der Waals surface area (Å²) in [5.74, 6) is -3.67. The number of aliphatic carboxylic acids is 1. The molecule has 1 aromatic rings. The fraction of sp³-hybridized carbons (Fsp3) is 0.474. The molecule has 0 saturated heterocycles. The number of aliphatic hydroxyl groups is 1. The van der Waals surface area contributed by atoms with E-state index in [4.69, 9.17) is 15.9 Å². The van der Waals surface area contributed by atoms with E-state index in [1.165, 1.54) is 0 Å².